The standard InChI is InChI=1S/C14H19N5O2/c15-11-2-1-9(5-12(11)20)14(21)17-6-10-8-19-4-3-16-7-13(19)18-10/h3-4,7-9,11-12,20H,1-2,5-6,15H2,(H,17,21)/t9-,11+,12+/m0/s1. The molecule has 0 radical (unpaired) electrons. The van der Waals surface area contributed by atoms with Crippen LogP contribution in [0.3, 0.4) is 0 Å². The van der Waals surface area contributed by atoms with Gasteiger partial charge in [-0.1, -0.05) is 0 Å². The number of nitrogens with two attached hydrogens (primary N) is 1. The summed E-state index contributed by atoms with van der Waals surface area (Å²) in [6, 6.07) is -0.208. The number of aliphatic hydroxyl groups is 1. The van der Waals surface area contributed by atoms with Gasteiger partial charge in [0, 0.05) is 30.6 Å². The number of hydrogen-bond donors (Lipinski definition) is 3. The Labute approximate surface area is 122 Å². The fourth-order valence-corrected chi connectivity index (χ4v) is 2.71. The van der Waals surface area contributed by atoms with Crippen molar-refractivity contribution in [3.05, 3.63) is 30.5 Å². The number of nitrogens with zero attached hydrogens (tertiary/aromatic N) is 3. The van der Waals surface area contributed by atoms with E-state index >= 15 is 0 Å². The van der Waals surface area contributed by atoms with E-state index in [2.05, 4.69) is 15.3 Å². The second kappa shape index (κ2) is 5.79. The second-order valence-electron chi connectivity index (χ2n) is 5.53. The second-order valence-corrected chi connectivity index (χ2v) is 5.53. The number of hydrogen-bond acceptors (Lipinski definition) is 5. The molecule has 0 saturated heterocycles. The number of carbonyl (C=O) groups excluding carboxylic acids is 1. The zero-order valence-electron chi connectivity index (χ0n) is 11.6. The van der Waals surface area contributed by atoms with E-state index in [1.807, 2.05) is 16.8 Å². The number of nitrogens with one attached hydrogen (secondary N) is 1. The summed E-state index contributed by atoms with van der Waals surface area (Å²) in [5.41, 5.74) is 7.28. The molecule has 0 aliphatic heterocycles. The Balaban J connectivity index is 1.58. The van der Waals surface area contributed by atoms with Crippen LogP contribution in [-0.4, -0.2) is 37.5 Å². The lowest BCUT2D eigenvalue weighted by molar-refractivity contribution is -0.127. The summed E-state index contributed by atoms with van der Waals surface area (Å²) in [4.78, 5) is 20.5. The monoisotopic (exact) mass is 289 g/mol. The van der Waals surface area contributed by atoms with Crippen LogP contribution < -0.4 is 11.1 Å². The molecule has 112 valence electrons. The van der Waals surface area contributed by atoms with E-state index in [1.165, 1.54) is 0 Å². The van der Waals surface area contributed by atoms with Crippen LogP contribution in [0, 0.1) is 5.92 Å². The lowest BCUT2D eigenvalue weighted by Gasteiger charge is -2.29. The molecule has 1 aliphatic carbocycles. The van der Waals surface area contributed by atoms with Gasteiger partial charge in [-0.15, -0.1) is 0 Å². The number of imidazole rings is 1. The molecule has 7 nitrogen and oxygen atoms in total. The third kappa shape index (κ3) is 3.03. The van der Waals surface area contributed by atoms with Crippen molar-refractivity contribution in [2.24, 2.45) is 11.7 Å². The van der Waals surface area contributed by atoms with Crippen molar-refractivity contribution in [1.82, 2.24) is 19.7 Å². The third-order valence-electron chi connectivity index (χ3n) is 4.00. The van der Waals surface area contributed by atoms with Gasteiger partial charge in [0.25, 0.3) is 0 Å². The van der Waals surface area contributed by atoms with Gasteiger partial charge in [-0.2, -0.15) is 0 Å². The van der Waals surface area contributed by atoms with Crippen molar-refractivity contribution >= 4 is 11.6 Å². The van der Waals surface area contributed by atoms with Gasteiger partial charge < -0.3 is 20.6 Å². The van der Waals surface area contributed by atoms with E-state index in [0.717, 1.165) is 17.8 Å². The fourth-order valence-electron chi connectivity index (χ4n) is 2.71. The van der Waals surface area contributed by atoms with E-state index < -0.39 is 6.10 Å². The van der Waals surface area contributed by atoms with E-state index in [4.69, 9.17) is 5.73 Å². The number of carbonyl (C=O) groups is 1. The molecule has 7 heteroatoms. The van der Waals surface area contributed by atoms with Gasteiger partial charge in [-0.3, -0.25) is 9.78 Å². The molecule has 2 aromatic rings. The van der Waals surface area contributed by atoms with Crippen LogP contribution in [0.2, 0.25) is 0 Å². The molecule has 3 atom stereocenters. The predicted octanol–water partition coefficient (Wildman–Crippen LogP) is -0.166. The molecule has 1 aliphatic rings. The molecular formula is C14H19N5O2. The average Bonchev–Trinajstić information content (AvgIpc) is 2.90. The average molecular weight is 289 g/mol. The Morgan fingerprint density at radius 2 is 2.38 bits per heavy atom. The molecule has 2 aromatic heterocycles. The van der Waals surface area contributed by atoms with Crippen molar-refractivity contribution in [2.45, 2.75) is 38.0 Å². The van der Waals surface area contributed by atoms with Gasteiger partial charge in [-0.25, -0.2) is 4.98 Å². The SMILES string of the molecule is N[C@@H]1CC[C@H](C(=O)NCc2cn3ccncc3n2)C[C@H]1O. The van der Waals surface area contributed by atoms with E-state index in [0.29, 0.717) is 19.4 Å². The summed E-state index contributed by atoms with van der Waals surface area (Å²) < 4.78 is 1.86. The van der Waals surface area contributed by atoms with Crippen molar-refractivity contribution in [1.29, 1.82) is 0 Å². The summed E-state index contributed by atoms with van der Waals surface area (Å²) >= 11 is 0. The summed E-state index contributed by atoms with van der Waals surface area (Å²) in [5.74, 6) is -0.213. The Hall–Kier alpha value is -1.99. The molecule has 0 aromatic carbocycles. The number of rotatable bonds is 3. The zero-order chi connectivity index (χ0) is 14.8. The van der Waals surface area contributed by atoms with Crippen LogP contribution in [-0.2, 0) is 11.3 Å². The molecule has 1 saturated carbocycles. The van der Waals surface area contributed by atoms with Gasteiger partial charge in [0.2, 0.25) is 5.91 Å². The van der Waals surface area contributed by atoms with Crippen LogP contribution in [0.1, 0.15) is 25.0 Å². The van der Waals surface area contributed by atoms with Crippen LogP contribution >= 0.6 is 0 Å². The number of fused-ring (bicyclic) bond motifs is 1. The maximum absolute atomic E-state index is 12.1. The van der Waals surface area contributed by atoms with Gasteiger partial charge in [0.1, 0.15) is 0 Å². The first-order valence-electron chi connectivity index (χ1n) is 7.12. The van der Waals surface area contributed by atoms with Gasteiger partial charge in [0.15, 0.2) is 5.65 Å². The topological polar surface area (TPSA) is 106 Å². The molecule has 0 unspecified atom stereocenters. The fraction of sp³-hybridized carbons (Fsp3) is 0.500. The van der Waals surface area contributed by atoms with Crippen LogP contribution in [0.5, 0.6) is 0 Å². The minimum absolute atomic E-state index is 0.0452. The molecule has 0 spiro atoms. The minimum Gasteiger partial charge on any atom is -0.391 e. The molecule has 2 heterocycles. The summed E-state index contributed by atoms with van der Waals surface area (Å²) in [6.07, 6.45) is 8.28. The highest BCUT2D eigenvalue weighted by atomic mass is 16.3. The van der Waals surface area contributed by atoms with Crippen molar-refractivity contribution in [3.8, 4) is 0 Å². The van der Waals surface area contributed by atoms with Gasteiger partial charge in [-0.05, 0) is 19.3 Å². The molecule has 4 N–H and O–H groups in total. The molecule has 0 bridgehead atoms. The summed E-state index contributed by atoms with van der Waals surface area (Å²) in [7, 11) is 0. The van der Waals surface area contributed by atoms with E-state index in [-0.39, 0.29) is 17.9 Å². The van der Waals surface area contributed by atoms with Crippen molar-refractivity contribution in [3.63, 3.8) is 0 Å². The first-order valence-corrected chi connectivity index (χ1v) is 7.12. The van der Waals surface area contributed by atoms with Crippen molar-refractivity contribution in [2.75, 3.05) is 0 Å². The van der Waals surface area contributed by atoms with Crippen molar-refractivity contribution < 1.29 is 9.90 Å². The van der Waals surface area contributed by atoms with Gasteiger partial charge >= 0.3 is 0 Å². The lowest BCUT2D eigenvalue weighted by atomic mass is 9.84. The molecular weight excluding hydrogens is 270 g/mol. The first kappa shape index (κ1) is 14.0. The maximum atomic E-state index is 12.1. The first-order chi connectivity index (χ1) is 10.1. The normalized spacial score (nSPS) is 25.9. The summed E-state index contributed by atoms with van der Waals surface area (Å²) in [5, 5.41) is 12.6. The lowest BCUT2D eigenvalue weighted by Crippen LogP contribution is -2.44. The molecule has 21 heavy (non-hydrogen) atoms. The Kier molecular flexibility index (Phi) is 3.85. The highest BCUT2D eigenvalue weighted by Crippen LogP contribution is 2.23. The Morgan fingerprint density at radius 1 is 1.52 bits per heavy atom. The van der Waals surface area contributed by atoms with Crippen LogP contribution in [0.25, 0.3) is 5.65 Å². The number of aliphatic hydroxyl groups excluding tert-OH is 1. The molecule has 1 fully saturated rings. The highest BCUT2D eigenvalue weighted by Gasteiger charge is 2.30. The Morgan fingerprint density at radius 3 is 3.14 bits per heavy atom. The quantitative estimate of drug-likeness (QED) is 0.727. The van der Waals surface area contributed by atoms with Gasteiger partial charge in [0.05, 0.1) is 24.5 Å². The number of amides is 1. The van der Waals surface area contributed by atoms with Crippen LogP contribution in [0.4, 0.5) is 0 Å². The third-order valence-corrected chi connectivity index (χ3v) is 4.00. The minimum atomic E-state index is -0.587. The highest BCUT2D eigenvalue weighted by molar-refractivity contribution is 5.78. The summed E-state index contributed by atoms with van der Waals surface area (Å²) in [6.45, 7) is 0.374. The largest absolute Gasteiger partial charge is 0.391 e. The molecule has 3 rings (SSSR count). The smallest absolute Gasteiger partial charge is 0.223 e. The predicted molar refractivity (Wildman–Crippen MR) is 76.2 cm³/mol. The van der Waals surface area contributed by atoms with E-state index in [1.54, 1.807) is 12.4 Å². The van der Waals surface area contributed by atoms with Crippen LogP contribution in [0.15, 0.2) is 24.8 Å². The Bertz CT molecular complexity index is 608. The molecule has 1 amide bonds. The van der Waals surface area contributed by atoms with E-state index in [9.17, 15) is 9.90 Å². The maximum Gasteiger partial charge on any atom is 0.223 e. The zero-order valence-corrected chi connectivity index (χ0v) is 11.6. The number of aromatic nitrogens is 3.